The SMILES string of the molecule is C[C@]12CCCC[C@@H]1CC[C@@H]1[C@@H]2CC[C@]2(C)C(=O)CCCC[C@@H]12. The maximum absolute atomic E-state index is 12.8. The lowest BCUT2D eigenvalue weighted by atomic mass is 9.44. The van der Waals surface area contributed by atoms with Gasteiger partial charge in [0.2, 0.25) is 0 Å². The highest BCUT2D eigenvalue weighted by atomic mass is 16.1. The van der Waals surface area contributed by atoms with Gasteiger partial charge in [0.15, 0.2) is 0 Å². The van der Waals surface area contributed by atoms with E-state index in [4.69, 9.17) is 0 Å². The zero-order valence-corrected chi connectivity index (χ0v) is 14.7. The molecule has 0 spiro atoms. The molecule has 0 aliphatic heterocycles. The molecule has 0 saturated heterocycles. The normalized spacial score (nSPS) is 52.2. The average Bonchev–Trinajstić information content (AvgIpc) is 2.66. The molecule has 1 heteroatoms. The minimum atomic E-state index is 0.0372. The van der Waals surface area contributed by atoms with E-state index in [0.29, 0.717) is 17.1 Å². The molecule has 4 aliphatic rings. The third-order valence-corrected chi connectivity index (χ3v) is 8.78. The van der Waals surface area contributed by atoms with E-state index in [0.717, 1.165) is 30.6 Å². The Bertz CT molecular complexity index is 455. The van der Waals surface area contributed by atoms with Gasteiger partial charge in [0.05, 0.1) is 0 Å². The first-order chi connectivity index (χ1) is 10.6. The van der Waals surface area contributed by atoms with Crippen molar-refractivity contribution in [1.82, 2.24) is 0 Å². The molecule has 4 saturated carbocycles. The highest BCUT2D eigenvalue weighted by Crippen LogP contribution is 2.64. The lowest BCUT2D eigenvalue weighted by Gasteiger charge is -2.60. The molecule has 0 radical (unpaired) electrons. The van der Waals surface area contributed by atoms with Gasteiger partial charge in [-0.3, -0.25) is 4.79 Å². The summed E-state index contributed by atoms with van der Waals surface area (Å²) in [6.45, 7) is 4.98. The van der Waals surface area contributed by atoms with Crippen LogP contribution >= 0.6 is 0 Å². The summed E-state index contributed by atoms with van der Waals surface area (Å²) in [6, 6.07) is 0. The summed E-state index contributed by atoms with van der Waals surface area (Å²) in [6.07, 6.45) is 16.0. The minimum Gasteiger partial charge on any atom is -0.299 e. The van der Waals surface area contributed by atoms with Crippen LogP contribution in [0.1, 0.15) is 90.9 Å². The van der Waals surface area contributed by atoms with Crippen LogP contribution in [0.5, 0.6) is 0 Å². The summed E-state index contributed by atoms with van der Waals surface area (Å²) in [5, 5.41) is 0. The van der Waals surface area contributed by atoms with Crippen LogP contribution in [0.4, 0.5) is 0 Å². The Balaban J connectivity index is 1.66. The van der Waals surface area contributed by atoms with E-state index >= 15 is 0 Å². The van der Waals surface area contributed by atoms with Crippen LogP contribution in [-0.4, -0.2) is 5.78 Å². The van der Waals surface area contributed by atoms with E-state index in [1.807, 2.05) is 0 Å². The predicted octanol–water partition coefficient (Wildman–Crippen LogP) is 5.77. The largest absolute Gasteiger partial charge is 0.299 e. The van der Waals surface area contributed by atoms with Crippen molar-refractivity contribution >= 4 is 5.78 Å². The summed E-state index contributed by atoms with van der Waals surface area (Å²) in [5.74, 6) is 4.11. The fraction of sp³-hybridized carbons (Fsp3) is 0.952. The van der Waals surface area contributed by atoms with Crippen molar-refractivity contribution in [2.45, 2.75) is 90.9 Å². The second-order valence-corrected chi connectivity index (χ2v) is 9.53. The smallest absolute Gasteiger partial charge is 0.139 e. The summed E-state index contributed by atoms with van der Waals surface area (Å²) < 4.78 is 0. The molecule has 0 unspecified atom stereocenters. The van der Waals surface area contributed by atoms with Crippen molar-refractivity contribution in [3.63, 3.8) is 0 Å². The van der Waals surface area contributed by atoms with Gasteiger partial charge in [0.25, 0.3) is 0 Å². The molecule has 1 nitrogen and oxygen atoms in total. The van der Waals surface area contributed by atoms with Gasteiger partial charge < -0.3 is 0 Å². The molecule has 0 aromatic heterocycles. The summed E-state index contributed by atoms with van der Waals surface area (Å²) in [5.41, 5.74) is 0.646. The number of hydrogen-bond donors (Lipinski definition) is 0. The van der Waals surface area contributed by atoms with Gasteiger partial charge >= 0.3 is 0 Å². The Hall–Kier alpha value is -0.330. The maximum atomic E-state index is 12.8. The van der Waals surface area contributed by atoms with Gasteiger partial charge in [-0.2, -0.15) is 0 Å². The van der Waals surface area contributed by atoms with E-state index in [-0.39, 0.29) is 5.41 Å². The standard InChI is InChI=1S/C21H34O/c1-20-13-6-5-7-15(20)10-11-16-17-8-3-4-9-19(22)21(17,2)14-12-18(16)20/h15-18H,3-14H2,1-2H3/t15-,16+,17+,18+,20+,21+/m1/s1. The first-order valence-corrected chi connectivity index (χ1v) is 10.1. The summed E-state index contributed by atoms with van der Waals surface area (Å²) in [4.78, 5) is 12.8. The molecule has 6 atom stereocenters. The van der Waals surface area contributed by atoms with E-state index < -0.39 is 0 Å². The van der Waals surface area contributed by atoms with Gasteiger partial charge in [-0.05, 0) is 80.5 Å². The van der Waals surface area contributed by atoms with Crippen LogP contribution in [0, 0.1) is 34.5 Å². The topological polar surface area (TPSA) is 17.1 Å². The fourth-order valence-electron chi connectivity index (χ4n) is 7.43. The number of Topliss-reactive ketones (excluding diaryl/α,β-unsaturated/α-hetero) is 1. The lowest BCUT2D eigenvalue weighted by molar-refractivity contribution is -0.147. The Labute approximate surface area is 136 Å². The summed E-state index contributed by atoms with van der Waals surface area (Å²) in [7, 11) is 0. The predicted molar refractivity (Wildman–Crippen MR) is 90.6 cm³/mol. The first kappa shape index (κ1) is 15.2. The van der Waals surface area contributed by atoms with E-state index in [1.54, 1.807) is 0 Å². The molecule has 0 amide bonds. The Morgan fingerprint density at radius 1 is 0.818 bits per heavy atom. The molecule has 124 valence electrons. The molecule has 0 aromatic carbocycles. The molecule has 0 aromatic rings. The Kier molecular flexibility index (Phi) is 3.70. The number of fused-ring (bicyclic) bond motifs is 5. The van der Waals surface area contributed by atoms with Crippen molar-refractivity contribution in [2.24, 2.45) is 34.5 Å². The minimum absolute atomic E-state index is 0.0372. The second-order valence-electron chi connectivity index (χ2n) is 9.53. The van der Waals surface area contributed by atoms with Gasteiger partial charge in [-0.25, -0.2) is 0 Å². The zero-order chi connectivity index (χ0) is 15.4. The summed E-state index contributed by atoms with van der Waals surface area (Å²) >= 11 is 0. The molecule has 4 fully saturated rings. The number of carbonyl (C=O) groups excluding carboxylic acids is 1. The van der Waals surface area contributed by atoms with Crippen LogP contribution in [0.2, 0.25) is 0 Å². The highest BCUT2D eigenvalue weighted by molar-refractivity contribution is 5.85. The molecule has 0 N–H and O–H groups in total. The van der Waals surface area contributed by atoms with Gasteiger partial charge in [0.1, 0.15) is 5.78 Å². The van der Waals surface area contributed by atoms with Crippen molar-refractivity contribution in [1.29, 1.82) is 0 Å². The van der Waals surface area contributed by atoms with Gasteiger partial charge in [-0.1, -0.05) is 33.1 Å². The molecule has 0 bridgehead atoms. The quantitative estimate of drug-likeness (QED) is 0.555. The molecular weight excluding hydrogens is 268 g/mol. The Morgan fingerprint density at radius 3 is 2.50 bits per heavy atom. The molecule has 0 heterocycles. The van der Waals surface area contributed by atoms with Gasteiger partial charge in [0, 0.05) is 11.8 Å². The van der Waals surface area contributed by atoms with Crippen LogP contribution in [0.3, 0.4) is 0 Å². The van der Waals surface area contributed by atoms with Crippen molar-refractivity contribution in [3.05, 3.63) is 0 Å². The van der Waals surface area contributed by atoms with E-state index in [2.05, 4.69) is 13.8 Å². The number of hydrogen-bond acceptors (Lipinski definition) is 1. The third-order valence-electron chi connectivity index (χ3n) is 8.78. The lowest BCUT2D eigenvalue weighted by Crippen LogP contribution is -2.54. The molecule has 22 heavy (non-hydrogen) atoms. The number of rotatable bonds is 0. The second kappa shape index (κ2) is 5.35. The van der Waals surface area contributed by atoms with Crippen molar-refractivity contribution in [2.75, 3.05) is 0 Å². The van der Waals surface area contributed by atoms with Crippen LogP contribution in [-0.2, 0) is 4.79 Å². The molecular formula is C21H34O. The molecule has 4 rings (SSSR count). The van der Waals surface area contributed by atoms with Crippen LogP contribution < -0.4 is 0 Å². The maximum Gasteiger partial charge on any atom is 0.139 e. The Morgan fingerprint density at radius 2 is 1.64 bits per heavy atom. The highest BCUT2D eigenvalue weighted by Gasteiger charge is 2.57. The first-order valence-electron chi connectivity index (χ1n) is 10.1. The number of ketones is 1. The number of carbonyl (C=O) groups is 1. The van der Waals surface area contributed by atoms with Crippen molar-refractivity contribution < 1.29 is 4.79 Å². The van der Waals surface area contributed by atoms with E-state index in [9.17, 15) is 4.79 Å². The van der Waals surface area contributed by atoms with E-state index in [1.165, 1.54) is 64.2 Å². The molecule has 4 aliphatic carbocycles. The van der Waals surface area contributed by atoms with Crippen LogP contribution in [0.25, 0.3) is 0 Å². The zero-order valence-electron chi connectivity index (χ0n) is 14.7. The fourth-order valence-corrected chi connectivity index (χ4v) is 7.43. The van der Waals surface area contributed by atoms with Crippen LogP contribution in [0.15, 0.2) is 0 Å². The average molecular weight is 303 g/mol. The monoisotopic (exact) mass is 302 g/mol. The van der Waals surface area contributed by atoms with Crippen molar-refractivity contribution in [3.8, 4) is 0 Å². The van der Waals surface area contributed by atoms with Gasteiger partial charge in [-0.15, -0.1) is 0 Å². The third kappa shape index (κ3) is 2.06.